The van der Waals surface area contributed by atoms with Crippen molar-refractivity contribution >= 4 is 0 Å². The summed E-state index contributed by atoms with van der Waals surface area (Å²) in [5.74, 6) is 0.614. The molecule has 0 saturated carbocycles. The standard InChI is InChI=1S/C12H17N5/c1-7-5-8(2)15-12(14-7)17-10(4)11(6-13)9(3)16-17/h5H,6,13H2,1-4H3. The van der Waals surface area contributed by atoms with Crippen LogP contribution in [0.1, 0.15) is 28.3 Å². The normalized spacial score (nSPS) is 10.9. The van der Waals surface area contributed by atoms with E-state index in [0.29, 0.717) is 12.5 Å². The third kappa shape index (κ3) is 2.06. The Bertz CT molecular complexity index is 536. The van der Waals surface area contributed by atoms with Crippen LogP contribution < -0.4 is 5.73 Å². The van der Waals surface area contributed by atoms with Gasteiger partial charge in [0.05, 0.1) is 5.69 Å². The molecule has 0 bridgehead atoms. The largest absolute Gasteiger partial charge is 0.326 e. The second-order valence-corrected chi connectivity index (χ2v) is 4.22. The van der Waals surface area contributed by atoms with Crippen molar-refractivity contribution in [1.29, 1.82) is 0 Å². The van der Waals surface area contributed by atoms with Crippen molar-refractivity contribution in [2.75, 3.05) is 0 Å². The summed E-state index contributed by atoms with van der Waals surface area (Å²) in [6, 6.07) is 1.94. The van der Waals surface area contributed by atoms with Gasteiger partial charge in [-0.15, -0.1) is 0 Å². The minimum atomic E-state index is 0.489. The molecule has 0 aromatic carbocycles. The maximum absolute atomic E-state index is 5.71. The lowest BCUT2D eigenvalue weighted by molar-refractivity contribution is 0.762. The first-order valence-corrected chi connectivity index (χ1v) is 5.60. The summed E-state index contributed by atoms with van der Waals surface area (Å²) in [5.41, 5.74) is 10.6. The van der Waals surface area contributed by atoms with Crippen LogP contribution in [-0.4, -0.2) is 19.7 Å². The molecule has 0 radical (unpaired) electrons. The van der Waals surface area contributed by atoms with E-state index in [0.717, 1.165) is 28.3 Å². The summed E-state index contributed by atoms with van der Waals surface area (Å²) in [5, 5.41) is 4.45. The molecule has 2 rings (SSSR count). The van der Waals surface area contributed by atoms with Crippen molar-refractivity contribution < 1.29 is 0 Å². The van der Waals surface area contributed by atoms with Crippen molar-refractivity contribution in [2.45, 2.75) is 34.2 Å². The second-order valence-electron chi connectivity index (χ2n) is 4.22. The molecule has 2 aromatic heterocycles. The minimum absolute atomic E-state index is 0.489. The Morgan fingerprint density at radius 3 is 2.18 bits per heavy atom. The van der Waals surface area contributed by atoms with E-state index >= 15 is 0 Å². The molecular formula is C12H17N5. The first-order valence-electron chi connectivity index (χ1n) is 5.60. The van der Waals surface area contributed by atoms with Gasteiger partial charge in [0.2, 0.25) is 0 Å². The number of nitrogens with zero attached hydrogens (tertiary/aromatic N) is 4. The smallest absolute Gasteiger partial charge is 0.251 e. The van der Waals surface area contributed by atoms with Crippen LogP contribution in [0.15, 0.2) is 6.07 Å². The van der Waals surface area contributed by atoms with Gasteiger partial charge in [-0.25, -0.2) is 14.6 Å². The number of hydrogen-bond acceptors (Lipinski definition) is 4. The van der Waals surface area contributed by atoms with E-state index in [-0.39, 0.29) is 0 Å². The third-order valence-electron chi connectivity index (χ3n) is 2.81. The van der Waals surface area contributed by atoms with Gasteiger partial charge in [0.25, 0.3) is 5.95 Å². The fraction of sp³-hybridized carbons (Fsp3) is 0.417. The van der Waals surface area contributed by atoms with Gasteiger partial charge in [-0.2, -0.15) is 5.10 Å². The maximum Gasteiger partial charge on any atom is 0.251 e. The predicted octanol–water partition coefficient (Wildman–Crippen LogP) is 1.35. The van der Waals surface area contributed by atoms with Gasteiger partial charge in [0.15, 0.2) is 0 Å². The van der Waals surface area contributed by atoms with Gasteiger partial charge >= 0.3 is 0 Å². The molecule has 5 heteroatoms. The lowest BCUT2D eigenvalue weighted by Gasteiger charge is -2.05. The molecule has 0 aliphatic heterocycles. The summed E-state index contributed by atoms with van der Waals surface area (Å²) in [6.45, 7) is 8.33. The molecule has 0 atom stereocenters. The highest BCUT2D eigenvalue weighted by atomic mass is 15.4. The molecule has 90 valence electrons. The molecule has 0 unspecified atom stereocenters. The summed E-state index contributed by atoms with van der Waals surface area (Å²) >= 11 is 0. The molecular weight excluding hydrogens is 214 g/mol. The maximum atomic E-state index is 5.71. The molecule has 0 spiro atoms. The number of aromatic nitrogens is 4. The summed E-state index contributed by atoms with van der Waals surface area (Å²) in [7, 11) is 0. The molecule has 17 heavy (non-hydrogen) atoms. The van der Waals surface area contributed by atoms with Crippen molar-refractivity contribution in [1.82, 2.24) is 19.7 Å². The Morgan fingerprint density at radius 2 is 1.71 bits per heavy atom. The predicted molar refractivity (Wildman–Crippen MR) is 66.0 cm³/mol. The Hall–Kier alpha value is -1.75. The molecule has 5 nitrogen and oxygen atoms in total. The van der Waals surface area contributed by atoms with E-state index in [1.165, 1.54) is 0 Å². The summed E-state index contributed by atoms with van der Waals surface area (Å²) in [4.78, 5) is 8.80. The van der Waals surface area contributed by atoms with Crippen molar-refractivity contribution in [2.24, 2.45) is 5.73 Å². The average Bonchev–Trinajstić information content (AvgIpc) is 2.52. The highest BCUT2D eigenvalue weighted by Crippen LogP contribution is 2.15. The van der Waals surface area contributed by atoms with Crippen LogP contribution in [0.4, 0.5) is 0 Å². The minimum Gasteiger partial charge on any atom is -0.326 e. The molecule has 0 amide bonds. The molecule has 2 N–H and O–H groups in total. The van der Waals surface area contributed by atoms with Gasteiger partial charge in [-0.05, 0) is 33.8 Å². The van der Waals surface area contributed by atoms with E-state index in [4.69, 9.17) is 5.73 Å². The quantitative estimate of drug-likeness (QED) is 0.847. The zero-order valence-corrected chi connectivity index (χ0v) is 10.7. The van der Waals surface area contributed by atoms with Crippen molar-refractivity contribution in [3.63, 3.8) is 0 Å². The lowest BCUT2D eigenvalue weighted by atomic mass is 10.2. The van der Waals surface area contributed by atoms with E-state index in [1.54, 1.807) is 4.68 Å². The highest BCUT2D eigenvalue weighted by molar-refractivity contribution is 5.30. The monoisotopic (exact) mass is 231 g/mol. The second kappa shape index (κ2) is 4.25. The van der Waals surface area contributed by atoms with E-state index < -0.39 is 0 Å². The Morgan fingerprint density at radius 1 is 1.12 bits per heavy atom. The van der Waals surface area contributed by atoms with E-state index in [2.05, 4.69) is 15.1 Å². The average molecular weight is 231 g/mol. The van der Waals surface area contributed by atoms with Crippen molar-refractivity contribution in [3.8, 4) is 5.95 Å². The first kappa shape index (κ1) is 11.7. The zero-order valence-electron chi connectivity index (χ0n) is 10.7. The highest BCUT2D eigenvalue weighted by Gasteiger charge is 2.13. The van der Waals surface area contributed by atoms with Crippen LogP contribution in [0.3, 0.4) is 0 Å². The van der Waals surface area contributed by atoms with Crippen LogP contribution in [0.2, 0.25) is 0 Å². The molecule has 0 aliphatic carbocycles. The summed E-state index contributed by atoms with van der Waals surface area (Å²) in [6.07, 6.45) is 0. The van der Waals surface area contributed by atoms with E-state index in [9.17, 15) is 0 Å². The van der Waals surface area contributed by atoms with Gasteiger partial charge in [0.1, 0.15) is 0 Å². The lowest BCUT2D eigenvalue weighted by Crippen LogP contribution is -2.07. The van der Waals surface area contributed by atoms with Crippen molar-refractivity contribution in [3.05, 3.63) is 34.4 Å². The summed E-state index contributed by atoms with van der Waals surface area (Å²) < 4.78 is 1.76. The topological polar surface area (TPSA) is 69.6 Å². The number of rotatable bonds is 2. The Labute approximate surface area is 101 Å². The first-order chi connectivity index (χ1) is 8.02. The Balaban J connectivity index is 2.60. The SMILES string of the molecule is Cc1cc(C)nc(-n2nc(C)c(CN)c2C)n1. The van der Waals surface area contributed by atoms with Crippen LogP contribution in [-0.2, 0) is 6.54 Å². The van der Waals surface area contributed by atoms with Gasteiger partial charge < -0.3 is 5.73 Å². The van der Waals surface area contributed by atoms with Gasteiger partial charge in [-0.1, -0.05) is 0 Å². The zero-order chi connectivity index (χ0) is 12.6. The molecule has 2 aromatic rings. The molecule has 0 saturated heterocycles. The third-order valence-corrected chi connectivity index (χ3v) is 2.81. The van der Waals surface area contributed by atoms with E-state index in [1.807, 2.05) is 33.8 Å². The number of hydrogen-bond donors (Lipinski definition) is 1. The van der Waals surface area contributed by atoms with Crippen LogP contribution in [0, 0.1) is 27.7 Å². The number of aryl methyl sites for hydroxylation is 3. The molecule has 0 aliphatic rings. The van der Waals surface area contributed by atoms with Gasteiger partial charge in [-0.3, -0.25) is 0 Å². The van der Waals surface area contributed by atoms with Crippen LogP contribution in [0.5, 0.6) is 0 Å². The fourth-order valence-electron chi connectivity index (χ4n) is 1.97. The van der Waals surface area contributed by atoms with Gasteiger partial charge in [0, 0.05) is 29.2 Å². The number of nitrogens with two attached hydrogens (primary N) is 1. The van der Waals surface area contributed by atoms with Crippen LogP contribution >= 0.6 is 0 Å². The fourth-order valence-corrected chi connectivity index (χ4v) is 1.97. The Kier molecular flexibility index (Phi) is 2.93. The van der Waals surface area contributed by atoms with Crippen LogP contribution in [0.25, 0.3) is 5.95 Å². The molecule has 2 heterocycles. The molecule has 0 fully saturated rings.